The van der Waals surface area contributed by atoms with E-state index in [2.05, 4.69) is 22.0 Å². The SMILES string of the molecule is CCCn1cc(-c2nc(C)c(C)nc2Cl)cn1. The van der Waals surface area contributed by atoms with Crippen molar-refractivity contribution in [1.29, 1.82) is 0 Å². The predicted molar refractivity (Wildman–Crippen MR) is 68.0 cm³/mol. The quantitative estimate of drug-likeness (QED) is 0.841. The molecule has 0 amide bonds. The van der Waals surface area contributed by atoms with Crippen molar-refractivity contribution in [3.8, 4) is 11.3 Å². The first-order valence-electron chi connectivity index (χ1n) is 5.65. The summed E-state index contributed by atoms with van der Waals surface area (Å²) in [7, 11) is 0. The molecule has 0 spiro atoms. The highest BCUT2D eigenvalue weighted by atomic mass is 35.5. The fraction of sp³-hybridized carbons (Fsp3) is 0.417. The normalized spacial score (nSPS) is 10.8. The van der Waals surface area contributed by atoms with Gasteiger partial charge in [0.1, 0.15) is 5.69 Å². The third kappa shape index (κ3) is 2.47. The van der Waals surface area contributed by atoms with Crippen LogP contribution in [-0.4, -0.2) is 19.7 Å². The molecule has 2 rings (SSSR count). The highest BCUT2D eigenvalue weighted by Gasteiger charge is 2.11. The molecule has 90 valence electrons. The van der Waals surface area contributed by atoms with E-state index < -0.39 is 0 Å². The van der Waals surface area contributed by atoms with Gasteiger partial charge in [0.25, 0.3) is 0 Å². The Morgan fingerprint density at radius 2 is 1.94 bits per heavy atom. The molecular formula is C12H15ClN4. The van der Waals surface area contributed by atoms with Gasteiger partial charge in [-0.25, -0.2) is 9.97 Å². The minimum absolute atomic E-state index is 0.434. The van der Waals surface area contributed by atoms with Crippen LogP contribution in [0.3, 0.4) is 0 Å². The van der Waals surface area contributed by atoms with E-state index in [4.69, 9.17) is 11.6 Å². The molecule has 5 heteroatoms. The molecule has 0 radical (unpaired) electrons. The number of aryl methyl sites for hydroxylation is 3. The van der Waals surface area contributed by atoms with Gasteiger partial charge in [-0.05, 0) is 20.3 Å². The summed E-state index contributed by atoms with van der Waals surface area (Å²) in [5, 5.41) is 4.70. The van der Waals surface area contributed by atoms with Crippen molar-refractivity contribution in [1.82, 2.24) is 19.7 Å². The Hall–Kier alpha value is -1.42. The Kier molecular flexibility index (Phi) is 3.43. The summed E-state index contributed by atoms with van der Waals surface area (Å²) in [5.74, 6) is 0. The summed E-state index contributed by atoms with van der Waals surface area (Å²) in [6, 6.07) is 0. The topological polar surface area (TPSA) is 43.6 Å². The van der Waals surface area contributed by atoms with Crippen LogP contribution in [0.2, 0.25) is 5.15 Å². The van der Waals surface area contributed by atoms with Gasteiger partial charge in [-0.15, -0.1) is 0 Å². The fourth-order valence-corrected chi connectivity index (χ4v) is 1.87. The summed E-state index contributed by atoms with van der Waals surface area (Å²) < 4.78 is 1.89. The number of aromatic nitrogens is 4. The zero-order valence-corrected chi connectivity index (χ0v) is 11.0. The molecule has 0 aromatic carbocycles. The third-order valence-corrected chi connectivity index (χ3v) is 2.89. The van der Waals surface area contributed by atoms with Crippen LogP contribution < -0.4 is 0 Å². The van der Waals surface area contributed by atoms with Gasteiger partial charge in [-0.1, -0.05) is 18.5 Å². The first-order chi connectivity index (χ1) is 8.11. The molecule has 0 aliphatic heterocycles. The molecule has 2 aromatic heterocycles. The Morgan fingerprint density at radius 3 is 2.65 bits per heavy atom. The first kappa shape index (κ1) is 12.0. The zero-order valence-electron chi connectivity index (χ0n) is 10.2. The van der Waals surface area contributed by atoms with Crippen LogP contribution >= 0.6 is 11.6 Å². The molecule has 2 aromatic rings. The van der Waals surface area contributed by atoms with Crippen molar-refractivity contribution < 1.29 is 0 Å². The van der Waals surface area contributed by atoms with Crippen molar-refractivity contribution >= 4 is 11.6 Å². The second-order valence-electron chi connectivity index (χ2n) is 4.03. The number of hydrogen-bond donors (Lipinski definition) is 0. The lowest BCUT2D eigenvalue weighted by Gasteiger charge is -2.04. The van der Waals surface area contributed by atoms with E-state index in [-0.39, 0.29) is 0 Å². The van der Waals surface area contributed by atoms with E-state index in [0.29, 0.717) is 10.8 Å². The maximum absolute atomic E-state index is 6.11. The minimum Gasteiger partial charge on any atom is -0.272 e. The van der Waals surface area contributed by atoms with Crippen molar-refractivity contribution in [2.45, 2.75) is 33.7 Å². The smallest absolute Gasteiger partial charge is 0.155 e. The minimum atomic E-state index is 0.434. The number of hydrogen-bond acceptors (Lipinski definition) is 3. The largest absolute Gasteiger partial charge is 0.272 e. The molecule has 0 unspecified atom stereocenters. The van der Waals surface area contributed by atoms with Crippen LogP contribution in [0.5, 0.6) is 0 Å². The van der Waals surface area contributed by atoms with Gasteiger partial charge in [-0.2, -0.15) is 5.10 Å². The van der Waals surface area contributed by atoms with Crippen LogP contribution in [0.25, 0.3) is 11.3 Å². The standard InChI is InChI=1S/C12H15ClN4/c1-4-5-17-7-10(6-14-17)11-12(13)16-9(3)8(2)15-11/h6-7H,4-5H2,1-3H3. The summed E-state index contributed by atoms with van der Waals surface area (Å²) in [4.78, 5) is 8.74. The first-order valence-corrected chi connectivity index (χ1v) is 6.03. The molecule has 0 bridgehead atoms. The van der Waals surface area contributed by atoms with Crippen LogP contribution in [-0.2, 0) is 6.54 Å². The van der Waals surface area contributed by atoms with Gasteiger partial charge < -0.3 is 0 Å². The summed E-state index contributed by atoms with van der Waals surface area (Å²) in [6.45, 7) is 6.84. The highest BCUT2D eigenvalue weighted by Crippen LogP contribution is 2.24. The van der Waals surface area contributed by atoms with Gasteiger partial charge >= 0.3 is 0 Å². The molecule has 2 heterocycles. The molecule has 4 nitrogen and oxygen atoms in total. The molecule has 0 fully saturated rings. The lowest BCUT2D eigenvalue weighted by atomic mass is 10.2. The van der Waals surface area contributed by atoms with Gasteiger partial charge in [-0.3, -0.25) is 4.68 Å². The maximum Gasteiger partial charge on any atom is 0.155 e. The second kappa shape index (κ2) is 4.84. The highest BCUT2D eigenvalue weighted by molar-refractivity contribution is 6.31. The molecule has 0 N–H and O–H groups in total. The van der Waals surface area contributed by atoms with E-state index in [1.165, 1.54) is 0 Å². The van der Waals surface area contributed by atoms with Gasteiger partial charge in [0.05, 0.1) is 17.6 Å². The Morgan fingerprint density at radius 1 is 1.24 bits per heavy atom. The number of rotatable bonds is 3. The Balaban J connectivity index is 2.41. The summed E-state index contributed by atoms with van der Waals surface area (Å²) in [6.07, 6.45) is 4.78. The number of halogens is 1. The van der Waals surface area contributed by atoms with Crippen molar-refractivity contribution in [3.63, 3.8) is 0 Å². The Bertz CT molecular complexity index is 533. The average Bonchev–Trinajstić information content (AvgIpc) is 2.72. The zero-order chi connectivity index (χ0) is 12.4. The lowest BCUT2D eigenvalue weighted by Crippen LogP contribution is -1.97. The van der Waals surface area contributed by atoms with Crippen molar-refractivity contribution in [2.24, 2.45) is 0 Å². The molecule has 0 saturated carbocycles. The Labute approximate surface area is 106 Å². The van der Waals surface area contributed by atoms with E-state index in [0.717, 1.165) is 29.9 Å². The van der Waals surface area contributed by atoms with E-state index in [1.807, 2.05) is 24.7 Å². The van der Waals surface area contributed by atoms with Crippen molar-refractivity contribution in [2.75, 3.05) is 0 Å². The summed E-state index contributed by atoms with van der Waals surface area (Å²) >= 11 is 6.11. The predicted octanol–water partition coefficient (Wildman–Crippen LogP) is 3.02. The molecule has 0 saturated heterocycles. The van der Waals surface area contributed by atoms with Gasteiger partial charge in [0, 0.05) is 18.3 Å². The van der Waals surface area contributed by atoms with Crippen molar-refractivity contribution in [3.05, 3.63) is 28.9 Å². The second-order valence-corrected chi connectivity index (χ2v) is 4.38. The molecule has 0 atom stereocenters. The van der Waals surface area contributed by atoms with Gasteiger partial charge in [0.2, 0.25) is 0 Å². The van der Waals surface area contributed by atoms with Crippen LogP contribution in [0, 0.1) is 13.8 Å². The summed E-state index contributed by atoms with van der Waals surface area (Å²) in [5.41, 5.74) is 3.38. The van der Waals surface area contributed by atoms with Crippen LogP contribution in [0.15, 0.2) is 12.4 Å². The van der Waals surface area contributed by atoms with E-state index in [1.54, 1.807) is 6.20 Å². The average molecular weight is 251 g/mol. The molecule has 0 aliphatic rings. The maximum atomic E-state index is 6.11. The van der Waals surface area contributed by atoms with E-state index in [9.17, 15) is 0 Å². The monoisotopic (exact) mass is 250 g/mol. The molecular weight excluding hydrogens is 236 g/mol. The van der Waals surface area contributed by atoms with Crippen LogP contribution in [0.4, 0.5) is 0 Å². The number of nitrogens with zero attached hydrogens (tertiary/aromatic N) is 4. The van der Waals surface area contributed by atoms with Crippen LogP contribution in [0.1, 0.15) is 24.7 Å². The van der Waals surface area contributed by atoms with Gasteiger partial charge in [0.15, 0.2) is 5.15 Å². The third-order valence-electron chi connectivity index (χ3n) is 2.62. The lowest BCUT2D eigenvalue weighted by molar-refractivity contribution is 0.603. The molecule has 17 heavy (non-hydrogen) atoms. The molecule has 0 aliphatic carbocycles. The fourth-order valence-electron chi connectivity index (χ4n) is 1.60. The van der Waals surface area contributed by atoms with E-state index >= 15 is 0 Å².